The van der Waals surface area contributed by atoms with Gasteiger partial charge in [-0.25, -0.2) is 4.39 Å². The van der Waals surface area contributed by atoms with E-state index < -0.39 is 0 Å². The summed E-state index contributed by atoms with van der Waals surface area (Å²) in [7, 11) is 0. The third-order valence-corrected chi connectivity index (χ3v) is 4.33. The zero-order valence-corrected chi connectivity index (χ0v) is 11.0. The molecule has 4 heteroatoms. The first kappa shape index (κ1) is 12.6. The lowest BCUT2D eigenvalue weighted by Crippen LogP contribution is -2.12. The second-order valence-electron chi connectivity index (χ2n) is 4.01. The molecular formula is C13H13ClFNS. The smallest absolute Gasteiger partial charge is 0.126 e. The topological polar surface area (TPSA) is 26.0 Å². The minimum atomic E-state index is -0.206. The van der Waals surface area contributed by atoms with Crippen molar-refractivity contribution in [2.45, 2.75) is 19.4 Å². The molecule has 1 atom stereocenters. The molecular weight excluding hydrogens is 257 g/mol. The van der Waals surface area contributed by atoms with Crippen LogP contribution in [0.15, 0.2) is 30.3 Å². The minimum absolute atomic E-state index is 0.205. The highest BCUT2D eigenvalue weighted by atomic mass is 35.5. The van der Waals surface area contributed by atoms with E-state index in [0.29, 0.717) is 12.0 Å². The van der Waals surface area contributed by atoms with Crippen LogP contribution in [0.2, 0.25) is 4.34 Å². The van der Waals surface area contributed by atoms with Gasteiger partial charge in [0.05, 0.1) is 4.34 Å². The Morgan fingerprint density at radius 1 is 1.41 bits per heavy atom. The first-order valence-electron chi connectivity index (χ1n) is 5.32. The average Bonchev–Trinajstić information content (AvgIpc) is 2.63. The third-order valence-electron chi connectivity index (χ3n) is 2.64. The van der Waals surface area contributed by atoms with Gasteiger partial charge in [-0.2, -0.15) is 0 Å². The van der Waals surface area contributed by atoms with Crippen molar-refractivity contribution < 1.29 is 4.39 Å². The van der Waals surface area contributed by atoms with Crippen LogP contribution in [0.5, 0.6) is 0 Å². The second-order valence-corrected chi connectivity index (χ2v) is 5.69. The van der Waals surface area contributed by atoms with Crippen molar-refractivity contribution in [2.24, 2.45) is 5.73 Å². The Balaban J connectivity index is 2.17. The van der Waals surface area contributed by atoms with Gasteiger partial charge in [0, 0.05) is 10.9 Å². The van der Waals surface area contributed by atoms with E-state index in [1.807, 2.05) is 19.1 Å². The zero-order valence-electron chi connectivity index (χ0n) is 9.41. The van der Waals surface area contributed by atoms with E-state index in [1.165, 1.54) is 17.4 Å². The summed E-state index contributed by atoms with van der Waals surface area (Å²) in [6.07, 6.45) is 0.489. The van der Waals surface area contributed by atoms with Gasteiger partial charge in [-0.05, 0) is 36.6 Å². The fourth-order valence-electron chi connectivity index (χ4n) is 1.67. The molecule has 1 aromatic carbocycles. The van der Waals surface area contributed by atoms with E-state index in [9.17, 15) is 4.39 Å². The molecule has 1 heterocycles. The molecule has 2 aromatic rings. The van der Waals surface area contributed by atoms with Crippen LogP contribution < -0.4 is 5.73 Å². The van der Waals surface area contributed by atoms with E-state index in [1.54, 1.807) is 12.1 Å². The number of hydrogen-bond donors (Lipinski definition) is 1. The van der Waals surface area contributed by atoms with Gasteiger partial charge in [-0.3, -0.25) is 0 Å². The summed E-state index contributed by atoms with van der Waals surface area (Å²) in [5, 5.41) is 0. The summed E-state index contributed by atoms with van der Waals surface area (Å²) >= 11 is 7.46. The van der Waals surface area contributed by atoms with Crippen LogP contribution in [0, 0.1) is 12.7 Å². The number of benzene rings is 1. The number of hydrogen-bond acceptors (Lipinski definition) is 2. The molecule has 17 heavy (non-hydrogen) atoms. The lowest BCUT2D eigenvalue weighted by molar-refractivity contribution is 0.595. The number of aryl methyl sites for hydroxylation is 1. The van der Waals surface area contributed by atoms with Crippen LogP contribution in [-0.2, 0) is 6.42 Å². The molecule has 0 saturated heterocycles. The molecule has 1 aromatic heterocycles. The van der Waals surface area contributed by atoms with Crippen molar-refractivity contribution >= 4 is 22.9 Å². The monoisotopic (exact) mass is 269 g/mol. The largest absolute Gasteiger partial charge is 0.323 e. The maximum atomic E-state index is 13.5. The number of halogens is 2. The number of nitrogens with two attached hydrogens (primary N) is 1. The Hall–Kier alpha value is -0.900. The number of rotatable bonds is 3. The molecule has 90 valence electrons. The summed E-state index contributed by atoms with van der Waals surface area (Å²) in [6, 6.07) is 8.47. The standard InChI is InChI=1S/C13H13ClFNS/c1-8-6-12(17-13(8)14)11(16)7-9-4-2-3-5-10(9)15/h2-6,11H,7,16H2,1H3. The summed E-state index contributed by atoms with van der Waals surface area (Å²) in [5.41, 5.74) is 7.73. The fourth-order valence-corrected chi connectivity index (χ4v) is 2.89. The predicted molar refractivity (Wildman–Crippen MR) is 71.1 cm³/mol. The normalized spacial score (nSPS) is 12.7. The Morgan fingerprint density at radius 3 is 2.71 bits per heavy atom. The first-order valence-corrected chi connectivity index (χ1v) is 6.52. The van der Waals surface area contributed by atoms with Gasteiger partial charge in [0.25, 0.3) is 0 Å². The lowest BCUT2D eigenvalue weighted by atomic mass is 10.0. The molecule has 0 aliphatic rings. The van der Waals surface area contributed by atoms with Gasteiger partial charge in [0.1, 0.15) is 5.82 Å². The van der Waals surface area contributed by atoms with Crippen molar-refractivity contribution in [3.05, 3.63) is 56.5 Å². The maximum Gasteiger partial charge on any atom is 0.126 e. The van der Waals surface area contributed by atoms with Crippen molar-refractivity contribution in [2.75, 3.05) is 0 Å². The van der Waals surface area contributed by atoms with Crippen molar-refractivity contribution in [3.63, 3.8) is 0 Å². The fraction of sp³-hybridized carbons (Fsp3) is 0.231. The van der Waals surface area contributed by atoms with Gasteiger partial charge >= 0.3 is 0 Å². The van der Waals surface area contributed by atoms with Crippen LogP contribution in [0.25, 0.3) is 0 Å². The Kier molecular flexibility index (Phi) is 3.82. The number of thiophene rings is 1. The first-order chi connectivity index (χ1) is 8.08. The van der Waals surface area contributed by atoms with Crippen LogP contribution in [0.1, 0.15) is 22.0 Å². The highest BCUT2D eigenvalue weighted by Crippen LogP contribution is 2.31. The summed E-state index contributed by atoms with van der Waals surface area (Å²) in [4.78, 5) is 0.996. The molecule has 2 rings (SSSR count). The van der Waals surface area contributed by atoms with Crippen LogP contribution in [-0.4, -0.2) is 0 Å². The Bertz CT molecular complexity index is 504. The van der Waals surface area contributed by atoms with E-state index in [0.717, 1.165) is 14.8 Å². The minimum Gasteiger partial charge on any atom is -0.323 e. The molecule has 0 radical (unpaired) electrons. The van der Waals surface area contributed by atoms with Gasteiger partial charge in [0.15, 0.2) is 0 Å². The molecule has 0 saturated carbocycles. The van der Waals surface area contributed by atoms with Crippen LogP contribution >= 0.6 is 22.9 Å². The van der Waals surface area contributed by atoms with Crippen molar-refractivity contribution in [1.82, 2.24) is 0 Å². The summed E-state index contributed by atoms with van der Waals surface area (Å²) < 4.78 is 14.2. The summed E-state index contributed by atoms with van der Waals surface area (Å²) in [5.74, 6) is -0.206. The van der Waals surface area contributed by atoms with E-state index in [-0.39, 0.29) is 11.9 Å². The predicted octanol–water partition coefficient (Wildman–Crippen LogP) is 4.09. The quantitative estimate of drug-likeness (QED) is 0.892. The average molecular weight is 270 g/mol. The highest BCUT2D eigenvalue weighted by molar-refractivity contribution is 7.16. The Morgan fingerprint density at radius 2 is 2.12 bits per heavy atom. The molecule has 0 bridgehead atoms. The van der Waals surface area contributed by atoms with Gasteiger partial charge in [0.2, 0.25) is 0 Å². The zero-order chi connectivity index (χ0) is 12.4. The lowest BCUT2D eigenvalue weighted by Gasteiger charge is -2.10. The molecule has 0 spiro atoms. The van der Waals surface area contributed by atoms with Gasteiger partial charge < -0.3 is 5.73 Å². The van der Waals surface area contributed by atoms with Crippen LogP contribution in [0.3, 0.4) is 0 Å². The van der Waals surface area contributed by atoms with E-state index in [4.69, 9.17) is 17.3 Å². The van der Waals surface area contributed by atoms with E-state index in [2.05, 4.69) is 0 Å². The molecule has 0 aliphatic heterocycles. The van der Waals surface area contributed by atoms with Gasteiger partial charge in [-0.1, -0.05) is 29.8 Å². The molecule has 1 unspecified atom stereocenters. The van der Waals surface area contributed by atoms with Crippen LogP contribution in [0.4, 0.5) is 4.39 Å². The van der Waals surface area contributed by atoms with E-state index >= 15 is 0 Å². The highest BCUT2D eigenvalue weighted by Gasteiger charge is 2.13. The second kappa shape index (κ2) is 5.17. The molecule has 0 amide bonds. The van der Waals surface area contributed by atoms with Crippen molar-refractivity contribution in [3.8, 4) is 0 Å². The third kappa shape index (κ3) is 2.86. The molecule has 1 nitrogen and oxygen atoms in total. The van der Waals surface area contributed by atoms with Gasteiger partial charge in [-0.15, -0.1) is 11.3 Å². The Labute approximate surface area is 109 Å². The molecule has 0 fully saturated rings. The molecule has 2 N–H and O–H groups in total. The summed E-state index contributed by atoms with van der Waals surface area (Å²) in [6.45, 7) is 1.94. The molecule has 0 aliphatic carbocycles. The maximum absolute atomic E-state index is 13.5. The SMILES string of the molecule is Cc1cc(C(N)Cc2ccccc2F)sc1Cl. The van der Waals surface area contributed by atoms with Crippen molar-refractivity contribution in [1.29, 1.82) is 0 Å².